The van der Waals surface area contributed by atoms with E-state index in [9.17, 15) is 24.0 Å². The van der Waals surface area contributed by atoms with Gasteiger partial charge in [0.05, 0.1) is 26.8 Å². The zero-order valence-corrected chi connectivity index (χ0v) is 30.5. The summed E-state index contributed by atoms with van der Waals surface area (Å²) in [6.45, 7) is 8.49. The molecule has 50 heavy (non-hydrogen) atoms. The standard InChI is InChI=1S/C36H58N6O8/c1-23(2)30(39-35(46)48-5)32(43)38-28(20-25-14-9-7-10-15-25)29(50-34(45)27-18-13-19-37-27)22-42(21-26-16-11-8-12-17-26)41-33(44)31(24(3)4)40-36(47)49-6/h7,9-10,14-15,23-24,26-31,37H,8,11-13,16-22H2,1-6H3,(H,38,43)(H,39,46)(H,40,47)(H,41,44)/t27-,28-,29-,30-,31-/m0/s1. The number of nitrogens with zero attached hydrogens (tertiary/aromatic N) is 1. The van der Waals surface area contributed by atoms with Gasteiger partial charge in [-0.3, -0.25) is 19.8 Å². The monoisotopic (exact) mass is 702 g/mol. The molecule has 0 spiro atoms. The number of esters is 1. The summed E-state index contributed by atoms with van der Waals surface area (Å²) in [5.74, 6) is -1.60. The normalized spacial score (nSPS) is 18.9. The quantitative estimate of drug-likeness (QED) is 0.0922. The van der Waals surface area contributed by atoms with E-state index >= 15 is 0 Å². The molecule has 5 N–H and O–H groups in total. The molecule has 2 aliphatic rings. The summed E-state index contributed by atoms with van der Waals surface area (Å²) in [4.78, 5) is 65.6. The molecule has 14 heteroatoms. The molecule has 2 fully saturated rings. The first-order valence-electron chi connectivity index (χ1n) is 17.9. The first-order chi connectivity index (χ1) is 23.9. The zero-order valence-electron chi connectivity index (χ0n) is 30.5. The molecule has 3 rings (SSSR count). The van der Waals surface area contributed by atoms with E-state index in [1.807, 2.05) is 58.0 Å². The first-order valence-corrected chi connectivity index (χ1v) is 17.9. The van der Waals surface area contributed by atoms with Crippen molar-refractivity contribution in [2.75, 3.05) is 33.9 Å². The molecule has 0 bridgehead atoms. The molecule has 1 aromatic rings. The maximum absolute atomic E-state index is 13.9. The highest BCUT2D eigenvalue weighted by atomic mass is 16.6. The number of carbonyl (C=O) groups excluding carboxylic acids is 5. The second-order valence-electron chi connectivity index (χ2n) is 14.0. The van der Waals surface area contributed by atoms with Gasteiger partial charge in [0.15, 0.2) is 0 Å². The van der Waals surface area contributed by atoms with Crippen LogP contribution in [0.5, 0.6) is 0 Å². The molecule has 0 aromatic heterocycles. The van der Waals surface area contributed by atoms with Gasteiger partial charge in [0.1, 0.15) is 24.2 Å². The number of benzene rings is 1. The number of alkyl carbamates (subject to hydrolysis) is 2. The van der Waals surface area contributed by atoms with Crippen LogP contribution in [0.4, 0.5) is 9.59 Å². The summed E-state index contributed by atoms with van der Waals surface area (Å²) in [5.41, 5.74) is 3.92. The summed E-state index contributed by atoms with van der Waals surface area (Å²) in [7, 11) is 2.47. The van der Waals surface area contributed by atoms with Crippen molar-refractivity contribution < 1.29 is 38.2 Å². The molecule has 4 amide bonds. The number of amides is 4. The Morgan fingerprint density at radius 2 is 1.40 bits per heavy atom. The van der Waals surface area contributed by atoms with Gasteiger partial charge in [0.25, 0.3) is 5.91 Å². The van der Waals surface area contributed by atoms with Gasteiger partial charge in [-0.25, -0.2) is 14.6 Å². The van der Waals surface area contributed by atoms with Gasteiger partial charge in [-0.05, 0) is 62.0 Å². The van der Waals surface area contributed by atoms with E-state index in [1.54, 1.807) is 5.01 Å². The minimum atomic E-state index is -0.928. The van der Waals surface area contributed by atoms with Crippen molar-refractivity contribution >= 4 is 30.0 Å². The van der Waals surface area contributed by atoms with Crippen LogP contribution in [0.25, 0.3) is 0 Å². The van der Waals surface area contributed by atoms with Gasteiger partial charge in [-0.15, -0.1) is 0 Å². The lowest BCUT2D eigenvalue weighted by Crippen LogP contribution is -2.61. The van der Waals surface area contributed by atoms with E-state index in [1.165, 1.54) is 14.2 Å². The second kappa shape index (κ2) is 20.7. The fourth-order valence-corrected chi connectivity index (χ4v) is 6.51. The van der Waals surface area contributed by atoms with Crippen molar-refractivity contribution in [3.63, 3.8) is 0 Å². The molecule has 1 aliphatic carbocycles. The molecule has 5 atom stereocenters. The lowest BCUT2D eigenvalue weighted by molar-refractivity contribution is -0.156. The topological polar surface area (TPSA) is 176 Å². The maximum atomic E-state index is 13.9. The lowest BCUT2D eigenvalue weighted by Gasteiger charge is -2.37. The Morgan fingerprint density at radius 3 is 1.94 bits per heavy atom. The predicted octanol–water partition coefficient (Wildman–Crippen LogP) is 3.05. The second-order valence-corrected chi connectivity index (χ2v) is 14.0. The van der Waals surface area contributed by atoms with E-state index in [4.69, 9.17) is 14.2 Å². The molecule has 1 heterocycles. The summed E-state index contributed by atoms with van der Waals surface area (Å²) < 4.78 is 15.8. The largest absolute Gasteiger partial charge is 0.458 e. The Labute approximate surface area is 296 Å². The maximum Gasteiger partial charge on any atom is 0.407 e. The SMILES string of the molecule is COC(=O)N[C@H](C(=O)N[C@@H](Cc1ccccc1)[C@H](CN(CC1CCCCC1)NC(=O)[C@@H](NC(=O)OC)C(C)C)OC(=O)[C@@H]1CCCN1)C(C)C. The highest BCUT2D eigenvalue weighted by Crippen LogP contribution is 2.25. The van der Waals surface area contributed by atoms with Crippen molar-refractivity contribution in [3.05, 3.63) is 35.9 Å². The van der Waals surface area contributed by atoms with Crippen molar-refractivity contribution in [1.82, 2.24) is 31.7 Å². The van der Waals surface area contributed by atoms with Gasteiger partial charge in [0, 0.05) is 6.54 Å². The van der Waals surface area contributed by atoms with Crippen LogP contribution in [0.3, 0.4) is 0 Å². The minimum Gasteiger partial charge on any atom is -0.458 e. The third-order valence-electron chi connectivity index (χ3n) is 9.37. The Morgan fingerprint density at radius 1 is 0.800 bits per heavy atom. The number of nitrogens with one attached hydrogen (secondary N) is 5. The van der Waals surface area contributed by atoms with Crippen LogP contribution in [-0.4, -0.2) is 99.1 Å². The molecule has 1 aromatic carbocycles. The number of ether oxygens (including phenoxy) is 3. The lowest BCUT2D eigenvalue weighted by atomic mass is 9.89. The van der Waals surface area contributed by atoms with Gasteiger partial charge in [0.2, 0.25) is 5.91 Å². The van der Waals surface area contributed by atoms with Crippen molar-refractivity contribution in [3.8, 4) is 0 Å². The molecular formula is C36H58N6O8. The van der Waals surface area contributed by atoms with Crippen LogP contribution in [0.2, 0.25) is 0 Å². The summed E-state index contributed by atoms with van der Waals surface area (Å²) >= 11 is 0. The average Bonchev–Trinajstić information content (AvgIpc) is 3.65. The summed E-state index contributed by atoms with van der Waals surface area (Å²) in [5, 5.41) is 13.3. The smallest absolute Gasteiger partial charge is 0.407 e. The zero-order chi connectivity index (χ0) is 36.6. The van der Waals surface area contributed by atoms with Crippen LogP contribution in [0.1, 0.15) is 78.2 Å². The van der Waals surface area contributed by atoms with E-state index in [0.29, 0.717) is 25.9 Å². The molecule has 1 saturated carbocycles. The van der Waals surface area contributed by atoms with Crippen LogP contribution >= 0.6 is 0 Å². The third-order valence-corrected chi connectivity index (χ3v) is 9.37. The number of hydrazine groups is 1. The van der Waals surface area contributed by atoms with E-state index < -0.39 is 60.2 Å². The average molecular weight is 703 g/mol. The van der Waals surface area contributed by atoms with Gasteiger partial charge >= 0.3 is 18.2 Å². The molecule has 14 nitrogen and oxygen atoms in total. The molecular weight excluding hydrogens is 644 g/mol. The van der Waals surface area contributed by atoms with Crippen LogP contribution in [-0.2, 0) is 35.0 Å². The van der Waals surface area contributed by atoms with Crippen molar-refractivity contribution in [1.29, 1.82) is 0 Å². The Balaban J connectivity index is 2.01. The van der Waals surface area contributed by atoms with E-state index in [2.05, 4.69) is 26.7 Å². The van der Waals surface area contributed by atoms with E-state index in [0.717, 1.165) is 44.1 Å². The number of methoxy groups -OCH3 is 2. The molecule has 0 radical (unpaired) electrons. The number of hydrogen-bond donors (Lipinski definition) is 5. The predicted molar refractivity (Wildman–Crippen MR) is 188 cm³/mol. The van der Waals surface area contributed by atoms with Crippen LogP contribution in [0.15, 0.2) is 30.3 Å². The van der Waals surface area contributed by atoms with Gasteiger partial charge in [-0.2, -0.15) is 0 Å². The highest BCUT2D eigenvalue weighted by Gasteiger charge is 2.37. The molecule has 1 aliphatic heterocycles. The summed E-state index contributed by atoms with van der Waals surface area (Å²) in [6.07, 6.45) is 4.64. The van der Waals surface area contributed by atoms with E-state index in [-0.39, 0.29) is 24.3 Å². The summed E-state index contributed by atoms with van der Waals surface area (Å²) in [6, 6.07) is 6.46. The van der Waals surface area contributed by atoms with Gasteiger partial charge in [-0.1, -0.05) is 77.3 Å². The third kappa shape index (κ3) is 13.1. The number of carbonyl (C=O) groups is 5. The highest BCUT2D eigenvalue weighted by molar-refractivity contribution is 5.86. The van der Waals surface area contributed by atoms with Crippen molar-refractivity contribution in [2.45, 2.75) is 109 Å². The molecule has 1 saturated heterocycles. The molecule has 280 valence electrons. The first kappa shape index (κ1) is 40.5. The Bertz CT molecular complexity index is 1240. The fourth-order valence-electron chi connectivity index (χ4n) is 6.51. The number of rotatable bonds is 17. The van der Waals surface area contributed by atoms with Crippen LogP contribution < -0.4 is 26.7 Å². The number of hydrogen-bond acceptors (Lipinski definition) is 10. The van der Waals surface area contributed by atoms with Crippen molar-refractivity contribution in [2.24, 2.45) is 17.8 Å². The fraction of sp³-hybridized carbons (Fsp3) is 0.694. The van der Waals surface area contributed by atoms with Gasteiger partial charge < -0.3 is 35.5 Å². The van der Waals surface area contributed by atoms with Crippen LogP contribution in [0, 0.1) is 17.8 Å². The Kier molecular flexibility index (Phi) is 16.8. The molecule has 0 unspecified atom stereocenters. The minimum absolute atomic E-state index is 0.0539. The Hall–Kier alpha value is -3.91.